The number of rotatable bonds is 8. The van der Waals surface area contributed by atoms with Crippen LogP contribution in [0.4, 0.5) is 0 Å². The van der Waals surface area contributed by atoms with Crippen molar-refractivity contribution < 1.29 is 14.2 Å². The van der Waals surface area contributed by atoms with E-state index in [0.717, 1.165) is 0 Å². The van der Waals surface area contributed by atoms with Gasteiger partial charge in [0, 0.05) is 11.8 Å². The number of halogens is 2. The Morgan fingerprint density at radius 2 is 1.18 bits per heavy atom. The first-order valence-corrected chi connectivity index (χ1v) is 4.34. The van der Waals surface area contributed by atoms with Crippen LogP contribution in [-0.2, 0) is 14.2 Å². The molecule has 0 saturated heterocycles. The fraction of sp³-hybridized carbons (Fsp3) is 1.00. The second-order valence-corrected chi connectivity index (χ2v) is 2.39. The number of ether oxygens (including phenoxy) is 3. The van der Waals surface area contributed by atoms with E-state index in [1.54, 1.807) is 0 Å². The van der Waals surface area contributed by atoms with Gasteiger partial charge in [-0.3, -0.25) is 0 Å². The van der Waals surface area contributed by atoms with Gasteiger partial charge in [0.25, 0.3) is 0 Å². The van der Waals surface area contributed by atoms with E-state index < -0.39 is 0 Å². The monoisotopic (exact) mass is 202 g/mol. The lowest BCUT2D eigenvalue weighted by Crippen LogP contribution is -2.07. The Morgan fingerprint density at radius 3 is 1.55 bits per heavy atom. The largest absolute Gasteiger partial charge is 0.354 e. The first-order valence-electron chi connectivity index (χ1n) is 3.27. The highest BCUT2D eigenvalue weighted by Gasteiger charge is 1.87. The molecule has 0 aliphatic carbocycles. The van der Waals surface area contributed by atoms with E-state index in [-0.39, 0.29) is 13.6 Å². The van der Waals surface area contributed by atoms with Gasteiger partial charge in [-0.05, 0) is 0 Å². The van der Waals surface area contributed by atoms with Gasteiger partial charge in [0.1, 0.15) is 13.6 Å². The van der Waals surface area contributed by atoms with Gasteiger partial charge in [-0.25, -0.2) is 0 Å². The summed E-state index contributed by atoms with van der Waals surface area (Å²) in [5.41, 5.74) is 0. The van der Waals surface area contributed by atoms with E-state index in [1.807, 2.05) is 0 Å². The molecular formula is C6H12Cl2O3. The van der Waals surface area contributed by atoms with Crippen LogP contribution >= 0.6 is 23.2 Å². The van der Waals surface area contributed by atoms with Gasteiger partial charge in [-0.15, -0.1) is 23.2 Å². The quantitative estimate of drug-likeness (QED) is 0.339. The summed E-state index contributed by atoms with van der Waals surface area (Å²) < 4.78 is 14.7. The maximum absolute atomic E-state index is 5.33. The third-order valence-electron chi connectivity index (χ3n) is 0.776. The van der Waals surface area contributed by atoms with Crippen molar-refractivity contribution in [3.05, 3.63) is 0 Å². The van der Waals surface area contributed by atoms with Crippen molar-refractivity contribution in [2.24, 2.45) is 0 Å². The molecule has 11 heavy (non-hydrogen) atoms. The molecule has 0 aliphatic rings. The van der Waals surface area contributed by atoms with Gasteiger partial charge in [0.15, 0.2) is 0 Å². The highest BCUT2D eigenvalue weighted by Crippen LogP contribution is 1.83. The fourth-order valence-electron chi connectivity index (χ4n) is 0.379. The maximum atomic E-state index is 5.33. The molecule has 0 radical (unpaired) electrons. The van der Waals surface area contributed by atoms with Crippen LogP contribution in [0.2, 0.25) is 0 Å². The molecule has 0 atom stereocenters. The molecule has 0 N–H and O–H groups in total. The predicted octanol–water partition coefficient (Wildman–Crippen LogP) is 1.43. The molecule has 3 nitrogen and oxygen atoms in total. The Morgan fingerprint density at radius 1 is 0.727 bits per heavy atom. The third kappa shape index (κ3) is 10.5. The Kier molecular flexibility index (Phi) is 10.9. The van der Waals surface area contributed by atoms with Gasteiger partial charge in [-0.1, -0.05) is 0 Å². The minimum absolute atomic E-state index is 0.217. The Balaban J connectivity index is 2.69. The lowest BCUT2D eigenvalue weighted by Gasteiger charge is -2.03. The van der Waals surface area contributed by atoms with Gasteiger partial charge in [0.05, 0.1) is 13.2 Å². The van der Waals surface area contributed by atoms with Gasteiger partial charge in [-0.2, -0.15) is 0 Å². The molecule has 68 valence electrons. The Labute approximate surface area is 76.5 Å². The van der Waals surface area contributed by atoms with Crippen LogP contribution in [-0.4, -0.2) is 38.6 Å². The number of alkyl halides is 2. The summed E-state index contributed by atoms with van der Waals surface area (Å²) >= 11 is 10.7. The second kappa shape index (κ2) is 10.5. The lowest BCUT2D eigenvalue weighted by molar-refractivity contribution is -0.126. The van der Waals surface area contributed by atoms with Gasteiger partial charge >= 0.3 is 0 Å². The molecule has 0 aromatic carbocycles. The van der Waals surface area contributed by atoms with Crippen LogP contribution in [0.1, 0.15) is 0 Å². The van der Waals surface area contributed by atoms with Crippen LogP contribution < -0.4 is 0 Å². The van der Waals surface area contributed by atoms with Crippen molar-refractivity contribution in [1.29, 1.82) is 0 Å². The molecule has 0 aliphatic heterocycles. The summed E-state index contributed by atoms with van der Waals surface area (Å²) in [6.45, 7) is 1.43. The topological polar surface area (TPSA) is 27.7 Å². The molecule has 5 heteroatoms. The first kappa shape index (κ1) is 11.5. The molecule has 0 aromatic heterocycles. The summed E-state index contributed by atoms with van der Waals surface area (Å²) in [5, 5.41) is 0. The normalized spacial score (nSPS) is 10.4. The molecule has 0 heterocycles. The van der Waals surface area contributed by atoms with Crippen LogP contribution in [0.25, 0.3) is 0 Å². The van der Waals surface area contributed by atoms with E-state index >= 15 is 0 Å². The fourth-order valence-corrected chi connectivity index (χ4v) is 0.597. The molecule has 0 amide bonds. The standard InChI is InChI=1S/C6H12Cl2O3/c7-1-3-9-5-11-6-10-4-2-8/h1-6H2. The van der Waals surface area contributed by atoms with Crippen molar-refractivity contribution in [2.45, 2.75) is 0 Å². The molecule has 0 unspecified atom stereocenters. The first-order chi connectivity index (χ1) is 5.41. The van der Waals surface area contributed by atoms with E-state index in [4.69, 9.17) is 37.4 Å². The molecule has 0 fully saturated rings. The van der Waals surface area contributed by atoms with Crippen molar-refractivity contribution in [1.82, 2.24) is 0 Å². The minimum atomic E-state index is 0.217. The van der Waals surface area contributed by atoms with Crippen molar-refractivity contribution >= 4 is 23.2 Å². The zero-order valence-corrected chi connectivity index (χ0v) is 7.74. The number of hydrogen-bond donors (Lipinski definition) is 0. The van der Waals surface area contributed by atoms with Crippen LogP contribution in [0.15, 0.2) is 0 Å². The molecule has 0 saturated carbocycles. The van der Waals surface area contributed by atoms with E-state index in [1.165, 1.54) is 0 Å². The van der Waals surface area contributed by atoms with E-state index in [2.05, 4.69) is 0 Å². The van der Waals surface area contributed by atoms with Crippen molar-refractivity contribution in [3.8, 4) is 0 Å². The highest BCUT2D eigenvalue weighted by atomic mass is 35.5. The zero-order chi connectivity index (χ0) is 8.36. The Hall–Kier alpha value is 0.460. The van der Waals surface area contributed by atoms with Gasteiger partial charge in [0.2, 0.25) is 0 Å². The lowest BCUT2D eigenvalue weighted by atomic mass is 10.9. The van der Waals surface area contributed by atoms with Crippen LogP contribution in [0, 0.1) is 0 Å². The molecule has 0 spiro atoms. The highest BCUT2D eigenvalue weighted by molar-refractivity contribution is 6.18. The number of hydrogen-bond acceptors (Lipinski definition) is 3. The average Bonchev–Trinajstić information content (AvgIpc) is 2.03. The minimum Gasteiger partial charge on any atom is -0.354 e. The summed E-state index contributed by atoms with van der Waals surface area (Å²) in [7, 11) is 0. The Bertz CT molecular complexity index is 64.8. The van der Waals surface area contributed by atoms with Crippen LogP contribution in [0.3, 0.4) is 0 Å². The summed E-state index contributed by atoms with van der Waals surface area (Å²) in [6, 6.07) is 0. The SMILES string of the molecule is ClCCOCOCOCCCl. The molecule has 0 bridgehead atoms. The molecular weight excluding hydrogens is 191 g/mol. The summed E-state index contributed by atoms with van der Waals surface area (Å²) in [5.74, 6) is 0.956. The van der Waals surface area contributed by atoms with Crippen LogP contribution in [0.5, 0.6) is 0 Å². The second-order valence-electron chi connectivity index (χ2n) is 1.63. The maximum Gasteiger partial charge on any atom is 0.149 e. The third-order valence-corrected chi connectivity index (χ3v) is 1.08. The zero-order valence-electron chi connectivity index (χ0n) is 6.22. The van der Waals surface area contributed by atoms with Crippen molar-refractivity contribution in [2.75, 3.05) is 38.6 Å². The molecule has 0 rings (SSSR count). The summed E-state index contributed by atoms with van der Waals surface area (Å²) in [4.78, 5) is 0. The average molecular weight is 203 g/mol. The van der Waals surface area contributed by atoms with Gasteiger partial charge < -0.3 is 14.2 Å². The van der Waals surface area contributed by atoms with Crippen molar-refractivity contribution in [3.63, 3.8) is 0 Å². The smallest absolute Gasteiger partial charge is 0.149 e. The predicted molar refractivity (Wildman–Crippen MR) is 44.2 cm³/mol. The van der Waals surface area contributed by atoms with E-state index in [9.17, 15) is 0 Å². The molecule has 0 aromatic rings. The van der Waals surface area contributed by atoms with E-state index in [0.29, 0.717) is 25.0 Å². The summed E-state index contributed by atoms with van der Waals surface area (Å²) in [6.07, 6.45) is 0.